The highest BCUT2D eigenvalue weighted by atomic mass is 15.1. The van der Waals surface area contributed by atoms with Crippen molar-refractivity contribution in [2.24, 2.45) is 0 Å². The van der Waals surface area contributed by atoms with Crippen molar-refractivity contribution in [3.8, 4) is 0 Å². The van der Waals surface area contributed by atoms with Gasteiger partial charge < -0.3 is 0 Å². The topological polar surface area (TPSA) is 25.8 Å². The molecule has 1 aromatic heterocycles. The van der Waals surface area contributed by atoms with Gasteiger partial charge in [-0.05, 0) is 31.9 Å². The van der Waals surface area contributed by atoms with Crippen LogP contribution < -0.4 is 0 Å². The Hall–Kier alpha value is -0.920. The fraction of sp³-hybridized carbons (Fsp3) is 0.692. The molecule has 0 aliphatic heterocycles. The molecule has 0 bridgehead atoms. The van der Waals surface area contributed by atoms with Gasteiger partial charge in [0.05, 0.1) is 11.9 Å². The Morgan fingerprint density at radius 2 is 1.20 bits per heavy atom. The molecule has 15 heavy (non-hydrogen) atoms. The molecule has 0 amide bonds. The molecule has 2 heteroatoms. The van der Waals surface area contributed by atoms with Crippen LogP contribution in [0.5, 0.6) is 0 Å². The van der Waals surface area contributed by atoms with Crippen molar-refractivity contribution < 1.29 is 0 Å². The first-order valence-electron chi connectivity index (χ1n) is 5.97. The molecule has 0 aliphatic rings. The lowest BCUT2D eigenvalue weighted by molar-refractivity contribution is 0.944. The molecule has 1 aromatic rings. The van der Waals surface area contributed by atoms with E-state index in [9.17, 15) is 0 Å². The summed E-state index contributed by atoms with van der Waals surface area (Å²) in [5, 5.41) is 7.68. The van der Waals surface area contributed by atoms with E-state index in [1.807, 2.05) is 55.4 Å². The molecular weight excluding hydrogens is 184 g/mol. The second-order valence-electron chi connectivity index (χ2n) is 2.24. The number of aryl methyl sites for hydroxylation is 2. The zero-order chi connectivity index (χ0) is 12.9. The lowest BCUT2D eigenvalue weighted by atomic mass is 10.2. The van der Waals surface area contributed by atoms with Crippen LogP contribution in [-0.2, 0) is 0 Å². The zero-order valence-corrected chi connectivity index (χ0v) is 12.0. The fourth-order valence-electron chi connectivity index (χ4n) is 0.659. The van der Waals surface area contributed by atoms with Crippen molar-refractivity contribution in [2.45, 2.75) is 62.3 Å². The molecule has 0 fully saturated rings. The summed E-state index contributed by atoms with van der Waals surface area (Å²) in [5.74, 6) is 0. The van der Waals surface area contributed by atoms with Crippen LogP contribution in [0.4, 0.5) is 0 Å². The van der Waals surface area contributed by atoms with Crippen LogP contribution in [-0.4, -0.2) is 10.2 Å². The monoisotopic (exact) mass is 212 g/mol. The predicted octanol–water partition coefficient (Wildman–Crippen LogP) is 4.48. The van der Waals surface area contributed by atoms with Crippen molar-refractivity contribution in [2.75, 3.05) is 0 Å². The average molecular weight is 212 g/mol. The van der Waals surface area contributed by atoms with Crippen LogP contribution in [0.3, 0.4) is 0 Å². The van der Waals surface area contributed by atoms with Gasteiger partial charge in [0.25, 0.3) is 0 Å². The maximum atomic E-state index is 3.89. The van der Waals surface area contributed by atoms with Gasteiger partial charge in [0.15, 0.2) is 0 Å². The third-order valence-corrected chi connectivity index (χ3v) is 1.59. The minimum atomic E-state index is 1.02. The summed E-state index contributed by atoms with van der Waals surface area (Å²) in [7, 11) is 0. The molecule has 0 N–H and O–H groups in total. The Balaban J connectivity index is -0.000000208. The van der Waals surface area contributed by atoms with E-state index in [4.69, 9.17) is 0 Å². The Bertz CT molecular complexity index is 200. The summed E-state index contributed by atoms with van der Waals surface area (Å²) in [4.78, 5) is 0. The second kappa shape index (κ2) is 15.5. The first-order chi connectivity index (χ1) is 7.22. The molecule has 0 aromatic carbocycles. The normalized spacial score (nSPS) is 7.00. The largest absolute Gasteiger partial charge is 0.159 e. The van der Waals surface area contributed by atoms with Gasteiger partial charge in [-0.3, -0.25) is 0 Å². The fourth-order valence-corrected chi connectivity index (χ4v) is 0.659. The molecule has 0 saturated heterocycles. The predicted molar refractivity (Wildman–Crippen MR) is 70.3 cm³/mol. The van der Waals surface area contributed by atoms with E-state index in [1.165, 1.54) is 11.1 Å². The lowest BCUT2D eigenvalue weighted by Gasteiger charge is -1.98. The smallest absolute Gasteiger partial charge is 0.0631 e. The maximum Gasteiger partial charge on any atom is 0.0631 e. The number of hydrogen-bond donors (Lipinski definition) is 0. The lowest BCUT2D eigenvalue weighted by Crippen LogP contribution is -1.92. The third kappa shape index (κ3) is 9.39. The van der Waals surface area contributed by atoms with Gasteiger partial charge >= 0.3 is 0 Å². The molecular formula is C13H28N2. The Labute approximate surface area is 96.1 Å². The minimum Gasteiger partial charge on any atom is -0.159 e. The van der Waals surface area contributed by atoms with Crippen LogP contribution in [0.1, 0.15) is 58.4 Å². The molecule has 90 valence electrons. The molecule has 0 radical (unpaired) electrons. The highest BCUT2D eigenvalue weighted by molar-refractivity contribution is 5.23. The van der Waals surface area contributed by atoms with Crippen LogP contribution in [0.15, 0.2) is 6.20 Å². The molecule has 0 saturated carbocycles. The van der Waals surface area contributed by atoms with Gasteiger partial charge in [-0.15, -0.1) is 0 Å². The summed E-state index contributed by atoms with van der Waals surface area (Å²) < 4.78 is 0. The molecule has 0 aliphatic carbocycles. The molecule has 0 spiro atoms. The number of nitrogens with zero attached hydrogens (tertiary/aromatic N) is 2. The minimum absolute atomic E-state index is 1.02. The highest BCUT2D eigenvalue weighted by Gasteiger charge is 1.94. The summed E-state index contributed by atoms with van der Waals surface area (Å²) in [6, 6.07) is 0. The standard InChI is InChI=1S/C7H10N2.3C2H6/c1-5-4-8-9-7(3)6(5)2;3*1-2/h4H,1-3H3;3*1-2H3. The second-order valence-corrected chi connectivity index (χ2v) is 2.24. The van der Waals surface area contributed by atoms with Crippen LogP contribution in [0.2, 0.25) is 0 Å². The Morgan fingerprint density at radius 3 is 1.47 bits per heavy atom. The Morgan fingerprint density at radius 1 is 0.800 bits per heavy atom. The van der Waals surface area contributed by atoms with Crippen molar-refractivity contribution >= 4 is 0 Å². The van der Waals surface area contributed by atoms with Gasteiger partial charge in [-0.1, -0.05) is 41.5 Å². The number of hydrogen-bond acceptors (Lipinski definition) is 2. The highest BCUT2D eigenvalue weighted by Crippen LogP contribution is 2.05. The van der Waals surface area contributed by atoms with Crippen LogP contribution in [0.25, 0.3) is 0 Å². The van der Waals surface area contributed by atoms with E-state index < -0.39 is 0 Å². The summed E-state index contributed by atoms with van der Waals surface area (Å²) in [6.45, 7) is 18.1. The van der Waals surface area contributed by atoms with Crippen molar-refractivity contribution in [1.29, 1.82) is 0 Å². The Kier molecular flexibility index (Phi) is 20.3. The van der Waals surface area contributed by atoms with E-state index in [2.05, 4.69) is 17.1 Å². The van der Waals surface area contributed by atoms with E-state index >= 15 is 0 Å². The molecule has 1 rings (SSSR count). The molecule has 1 heterocycles. The van der Waals surface area contributed by atoms with Crippen molar-refractivity contribution in [3.63, 3.8) is 0 Å². The molecule has 0 unspecified atom stereocenters. The van der Waals surface area contributed by atoms with Crippen LogP contribution >= 0.6 is 0 Å². The first kappa shape index (κ1) is 19.6. The quantitative estimate of drug-likeness (QED) is 0.633. The molecule has 2 nitrogen and oxygen atoms in total. The van der Waals surface area contributed by atoms with E-state index in [0.717, 1.165) is 5.69 Å². The van der Waals surface area contributed by atoms with Gasteiger partial charge in [0.2, 0.25) is 0 Å². The summed E-state index contributed by atoms with van der Waals surface area (Å²) in [6.07, 6.45) is 1.78. The van der Waals surface area contributed by atoms with E-state index in [0.29, 0.717) is 0 Å². The van der Waals surface area contributed by atoms with Gasteiger partial charge in [0.1, 0.15) is 0 Å². The number of rotatable bonds is 0. The van der Waals surface area contributed by atoms with E-state index in [1.54, 1.807) is 6.20 Å². The zero-order valence-electron chi connectivity index (χ0n) is 12.0. The van der Waals surface area contributed by atoms with Gasteiger partial charge in [0, 0.05) is 0 Å². The third-order valence-electron chi connectivity index (χ3n) is 1.59. The number of aromatic nitrogens is 2. The maximum absolute atomic E-state index is 3.89. The average Bonchev–Trinajstić information content (AvgIpc) is 2.34. The SMILES string of the molecule is CC.CC.CC.Cc1cnnc(C)c1C. The van der Waals surface area contributed by atoms with E-state index in [-0.39, 0.29) is 0 Å². The van der Waals surface area contributed by atoms with Crippen molar-refractivity contribution in [3.05, 3.63) is 23.0 Å². The van der Waals surface area contributed by atoms with Crippen LogP contribution in [0, 0.1) is 20.8 Å². The molecule has 0 atom stereocenters. The van der Waals surface area contributed by atoms with Gasteiger partial charge in [-0.2, -0.15) is 10.2 Å². The summed E-state index contributed by atoms with van der Waals surface area (Å²) in [5.41, 5.74) is 3.47. The first-order valence-corrected chi connectivity index (χ1v) is 5.97. The van der Waals surface area contributed by atoms with Gasteiger partial charge in [-0.25, -0.2) is 0 Å². The summed E-state index contributed by atoms with van der Waals surface area (Å²) >= 11 is 0. The van der Waals surface area contributed by atoms with Crippen molar-refractivity contribution in [1.82, 2.24) is 10.2 Å².